The van der Waals surface area contributed by atoms with Gasteiger partial charge < -0.3 is 10.3 Å². The highest BCUT2D eigenvalue weighted by molar-refractivity contribution is 5.86. The van der Waals surface area contributed by atoms with Crippen molar-refractivity contribution in [1.29, 1.82) is 0 Å². The molecule has 0 unspecified atom stereocenters. The Bertz CT molecular complexity index is 879. The standard InChI is InChI=1S/C20H24N4O/c1-14(13-24-10-4-9-22-24)20(25)21-12-15-7-8-19-17(11-15)16-5-2-3-6-18(16)23-19/h4,7-11,14,23H,2-3,5-6,12-13H2,1H3,(H,21,25)/t14-/m0/s1. The topological polar surface area (TPSA) is 62.7 Å². The second-order valence-electron chi connectivity index (χ2n) is 7.02. The van der Waals surface area contributed by atoms with Crippen LogP contribution in [0.5, 0.6) is 0 Å². The van der Waals surface area contributed by atoms with Gasteiger partial charge >= 0.3 is 0 Å². The molecular weight excluding hydrogens is 312 g/mol. The second kappa shape index (κ2) is 6.75. The van der Waals surface area contributed by atoms with Gasteiger partial charge in [-0.15, -0.1) is 0 Å². The largest absolute Gasteiger partial charge is 0.358 e. The summed E-state index contributed by atoms with van der Waals surface area (Å²) in [4.78, 5) is 15.9. The van der Waals surface area contributed by atoms with E-state index in [2.05, 4.69) is 33.6 Å². The van der Waals surface area contributed by atoms with E-state index in [9.17, 15) is 4.79 Å². The van der Waals surface area contributed by atoms with Gasteiger partial charge in [0.05, 0.1) is 12.5 Å². The maximum Gasteiger partial charge on any atom is 0.224 e. The smallest absolute Gasteiger partial charge is 0.224 e. The summed E-state index contributed by atoms with van der Waals surface area (Å²) in [5, 5.41) is 8.54. The monoisotopic (exact) mass is 336 g/mol. The molecule has 130 valence electrons. The zero-order valence-corrected chi connectivity index (χ0v) is 14.6. The summed E-state index contributed by atoms with van der Waals surface area (Å²) in [6.07, 6.45) is 8.47. The minimum Gasteiger partial charge on any atom is -0.358 e. The van der Waals surface area contributed by atoms with Crippen molar-refractivity contribution in [2.75, 3.05) is 0 Å². The Kier molecular flexibility index (Phi) is 4.30. The molecule has 0 spiro atoms. The van der Waals surface area contributed by atoms with Crippen LogP contribution in [0.3, 0.4) is 0 Å². The number of aromatic amines is 1. The summed E-state index contributed by atoms with van der Waals surface area (Å²) in [5.41, 5.74) is 5.24. The van der Waals surface area contributed by atoms with Crippen LogP contribution in [0, 0.1) is 5.92 Å². The third kappa shape index (κ3) is 3.31. The van der Waals surface area contributed by atoms with Crippen LogP contribution >= 0.6 is 0 Å². The van der Waals surface area contributed by atoms with Crippen LogP contribution in [0.2, 0.25) is 0 Å². The fraction of sp³-hybridized carbons (Fsp3) is 0.400. The van der Waals surface area contributed by atoms with Crippen molar-refractivity contribution in [2.24, 2.45) is 5.92 Å². The van der Waals surface area contributed by atoms with Crippen LogP contribution in [0.15, 0.2) is 36.7 Å². The molecule has 1 atom stereocenters. The van der Waals surface area contributed by atoms with Gasteiger partial charge in [-0.3, -0.25) is 9.48 Å². The van der Waals surface area contributed by atoms with E-state index < -0.39 is 0 Å². The number of carbonyl (C=O) groups is 1. The van der Waals surface area contributed by atoms with Crippen molar-refractivity contribution in [3.63, 3.8) is 0 Å². The molecular formula is C20H24N4O. The van der Waals surface area contributed by atoms with Crippen LogP contribution in [-0.4, -0.2) is 20.7 Å². The van der Waals surface area contributed by atoms with E-state index in [-0.39, 0.29) is 11.8 Å². The number of aromatic nitrogens is 3. The molecule has 25 heavy (non-hydrogen) atoms. The first-order valence-corrected chi connectivity index (χ1v) is 9.08. The first-order valence-electron chi connectivity index (χ1n) is 9.08. The van der Waals surface area contributed by atoms with Crippen molar-refractivity contribution in [3.05, 3.63) is 53.5 Å². The predicted molar refractivity (Wildman–Crippen MR) is 98.2 cm³/mol. The van der Waals surface area contributed by atoms with Crippen LogP contribution < -0.4 is 5.32 Å². The quantitative estimate of drug-likeness (QED) is 0.751. The molecule has 0 bridgehead atoms. The Morgan fingerprint density at radius 1 is 1.36 bits per heavy atom. The lowest BCUT2D eigenvalue weighted by molar-refractivity contribution is -0.125. The zero-order chi connectivity index (χ0) is 17.2. The second-order valence-corrected chi connectivity index (χ2v) is 7.02. The fourth-order valence-corrected chi connectivity index (χ4v) is 3.70. The SMILES string of the molecule is C[C@@H](Cn1cccn1)C(=O)NCc1ccc2[nH]c3c(c2c1)CCCC3. The minimum atomic E-state index is -0.108. The predicted octanol–water partition coefficient (Wildman–Crippen LogP) is 3.20. The van der Waals surface area contributed by atoms with E-state index >= 15 is 0 Å². The van der Waals surface area contributed by atoms with E-state index in [0.717, 1.165) is 18.4 Å². The molecule has 0 fully saturated rings. The summed E-state index contributed by atoms with van der Waals surface area (Å²) >= 11 is 0. The Hall–Kier alpha value is -2.56. The third-order valence-corrected chi connectivity index (χ3v) is 5.10. The molecule has 0 saturated carbocycles. The van der Waals surface area contributed by atoms with Gasteiger partial charge in [0.1, 0.15) is 0 Å². The fourth-order valence-electron chi connectivity index (χ4n) is 3.70. The maximum absolute atomic E-state index is 12.3. The zero-order valence-electron chi connectivity index (χ0n) is 14.6. The molecule has 4 rings (SSSR count). The molecule has 3 aromatic rings. The number of nitrogens with zero attached hydrogens (tertiary/aromatic N) is 2. The number of carbonyl (C=O) groups excluding carboxylic acids is 1. The lowest BCUT2D eigenvalue weighted by atomic mass is 9.95. The lowest BCUT2D eigenvalue weighted by Gasteiger charge is -2.13. The number of fused-ring (bicyclic) bond motifs is 3. The van der Waals surface area contributed by atoms with Gasteiger partial charge in [0.15, 0.2) is 0 Å². The van der Waals surface area contributed by atoms with E-state index in [0.29, 0.717) is 13.1 Å². The van der Waals surface area contributed by atoms with Gasteiger partial charge in [-0.1, -0.05) is 13.0 Å². The van der Waals surface area contributed by atoms with Gasteiger partial charge in [0.2, 0.25) is 5.91 Å². The molecule has 1 aliphatic rings. The number of rotatable bonds is 5. The van der Waals surface area contributed by atoms with Crippen molar-refractivity contribution in [2.45, 2.75) is 45.7 Å². The summed E-state index contributed by atoms with van der Waals surface area (Å²) in [6, 6.07) is 8.34. The van der Waals surface area contributed by atoms with Crippen molar-refractivity contribution >= 4 is 16.8 Å². The molecule has 0 radical (unpaired) electrons. The highest BCUT2D eigenvalue weighted by Crippen LogP contribution is 2.29. The molecule has 1 aliphatic carbocycles. The van der Waals surface area contributed by atoms with Gasteiger partial charge in [-0.05, 0) is 55.0 Å². The number of benzene rings is 1. The number of hydrogen-bond acceptors (Lipinski definition) is 2. The van der Waals surface area contributed by atoms with Gasteiger partial charge in [-0.25, -0.2) is 0 Å². The van der Waals surface area contributed by atoms with E-state index in [1.54, 1.807) is 10.9 Å². The summed E-state index contributed by atoms with van der Waals surface area (Å²) < 4.78 is 1.79. The van der Waals surface area contributed by atoms with Crippen molar-refractivity contribution in [1.82, 2.24) is 20.1 Å². The van der Waals surface area contributed by atoms with Crippen LogP contribution in [-0.2, 0) is 30.7 Å². The highest BCUT2D eigenvalue weighted by atomic mass is 16.1. The molecule has 5 nitrogen and oxygen atoms in total. The van der Waals surface area contributed by atoms with Gasteiger partial charge in [0.25, 0.3) is 0 Å². The summed E-state index contributed by atoms with van der Waals surface area (Å²) in [6.45, 7) is 3.10. The first-order chi connectivity index (χ1) is 12.2. The van der Waals surface area contributed by atoms with Crippen LogP contribution in [0.25, 0.3) is 10.9 Å². The highest BCUT2D eigenvalue weighted by Gasteiger charge is 2.16. The number of H-pyrrole nitrogens is 1. The minimum absolute atomic E-state index is 0.0618. The van der Waals surface area contributed by atoms with E-state index in [1.165, 1.54) is 35.0 Å². The Morgan fingerprint density at radius 2 is 2.24 bits per heavy atom. The first kappa shape index (κ1) is 15.9. The van der Waals surface area contributed by atoms with Crippen molar-refractivity contribution in [3.8, 4) is 0 Å². The molecule has 2 heterocycles. The Labute approximate surface area is 147 Å². The molecule has 5 heteroatoms. The van der Waals surface area contributed by atoms with Crippen LogP contribution in [0.1, 0.15) is 36.6 Å². The number of nitrogens with one attached hydrogen (secondary N) is 2. The normalized spacial score (nSPS) is 15.1. The van der Waals surface area contributed by atoms with Gasteiger partial charge in [-0.2, -0.15) is 5.10 Å². The lowest BCUT2D eigenvalue weighted by Crippen LogP contribution is -2.31. The number of aryl methyl sites for hydroxylation is 2. The van der Waals surface area contributed by atoms with Crippen LogP contribution in [0.4, 0.5) is 0 Å². The third-order valence-electron chi connectivity index (χ3n) is 5.10. The summed E-state index contributed by atoms with van der Waals surface area (Å²) in [7, 11) is 0. The molecule has 0 aliphatic heterocycles. The van der Waals surface area contributed by atoms with E-state index in [1.807, 2.05) is 19.2 Å². The average molecular weight is 336 g/mol. The maximum atomic E-state index is 12.3. The number of amides is 1. The Balaban J connectivity index is 1.43. The average Bonchev–Trinajstić information content (AvgIpc) is 3.26. The molecule has 0 saturated heterocycles. The molecule has 2 N–H and O–H groups in total. The number of hydrogen-bond donors (Lipinski definition) is 2. The summed E-state index contributed by atoms with van der Waals surface area (Å²) in [5.74, 6) is -0.0460. The molecule has 1 aromatic carbocycles. The van der Waals surface area contributed by atoms with E-state index in [4.69, 9.17) is 0 Å². The van der Waals surface area contributed by atoms with Crippen molar-refractivity contribution < 1.29 is 4.79 Å². The molecule has 2 aromatic heterocycles. The van der Waals surface area contributed by atoms with Gasteiger partial charge in [0, 0.05) is 35.5 Å². The Morgan fingerprint density at radius 3 is 3.08 bits per heavy atom. The molecule has 1 amide bonds.